The first-order valence-corrected chi connectivity index (χ1v) is 10.9. The lowest BCUT2D eigenvalue weighted by molar-refractivity contribution is -0.108. The Bertz CT molecular complexity index is 681. The fraction of sp³-hybridized carbons (Fsp3) is 0.560. The highest BCUT2D eigenvalue weighted by molar-refractivity contribution is 5.78. The molecule has 1 atom stereocenters. The molecule has 1 unspecified atom stereocenters. The topological polar surface area (TPSA) is 107 Å². The van der Waals surface area contributed by atoms with Crippen LogP contribution >= 0.6 is 0 Å². The highest BCUT2D eigenvalue weighted by atomic mass is 16.3. The lowest BCUT2D eigenvalue weighted by Crippen LogP contribution is -2.29. The SMILES string of the molecule is CC(CCC=O)N(C)Cc1c(C#CCCCCCC=O)cccc1C=O.CNCO.CO. The molecule has 1 rings (SSSR count). The van der Waals surface area contributed by atoms with Crippen LogP contribution in [0.3, 0.4) is 0 Å². The Hall–Kier alpha value is -2.37. The molecule has 0 spiro atoms. The number of unbranched alkanes of at least 4 members (excludes halogenated alkanes) is 4. The number of aliphatic hydroxyl groups excluding tert-OH is 2. The molecule has 0 heterocycles. The van der Waals surface area contributed by atoms with E-state index in [-0.39, 0.29) is 12.8 Å². The summed E-state index contributed by atoms with van der Waals surface area (Å²) >= 11 is 0. The van der Waals surface area contributed by atoms with Gasteiger partial charge in [0.15, 0.2) is 0 Å². The number of aliphatic hydroxyl groups is 2. The van der Waals surface area contributed by atoms with E-state index in [1.54, 1.807) is 7.05 Å². The largest absolute Gasteiger partial charge is 0.400 e. The van der Waals surface area contributed by atoms with Crippen LogP contribution in [0.15, 0.2) is 18.2 Å². The third-order valence-corrected chi connectivity index (χ3v) is 4.71. The van der Waals surface area contributed by atoms with Gasteiger partial charge in [-0.2, -0.15) is 0 Å². The number of rotatable bonds is 13. The van der Waals surface area contributed by atoms with Crippen molar-refractivity contribution in [3.05, 3.63) is 34.9 Å². The summed E-state index contributed by atoms with van der Waals surface area (Å²) in [6.07, 6.45) is 8.42. The molecule has 0 aliphatic carbocycles. The minimum absolute atomic E-state index is 0.0694. The Labute approximate surface area is 193 Å². The molecule has 32 heavy (non-hydrogen) atoms. The van der Waals surface area contributed by atoms with Crippen LogP contribution in [-0.2, 0) is 16.1 Å². The minimum atomic E-state index is 0.0694. The van der Waals surface area contributed by atoms with Crippen LogP contribution in [0.25, 0.3) is 0 Å². The number of hydrogen-bond donors (Lipinski definition) is 3. The van der Waals surface area contributed by atoms with Crippen LogP contribution in [0.1, 0.15) is 73.4 Å². The van der Waals surface area contributed by atoms with Crippen molar-refractivity contribution >= 4 is 18.9 Å². The molecule has 1 aromatic carbocycles. The average Bonchev–Trinajstić information content (AvgIpc) is 2.83. The monoisotopic (exact) mass is 448 g/mol. The Morgan fingerprint density at radius 3 is 2.31 bits per heavy atom. The van der Waals surface area contributed by atoms with E-state index in [2.05, 4.69) is 29.0 Å². The molecule has 7 nitrogen and oxygen atoms in total. The van der Waals surface area contributed by atoms with Gasteiger partial charge in [-0.05, 0) is 51.9 Å². The fourth-order valence-electron chi connectivity index (χ4n) is 2.72. The lowest BCUT2D eigenvalue weighted by Gasteiger charge is -2.25. The van der Waals surface area contributed by atoms with Crippen LogP contribution in [-0.4, -0.2) is 67.9 Å². The number of benzene rings is 1. The summed E-state index contributed by atoms with van der Waals surface area (Å²) in [5.74, 6) is 6.39. The summed E-state index contributed by atoms with van der Waals surface area (Å²) in [6.45, 7) is 2.77. The second-order valence-corrected chi connectivity index (χ2v) is 7.08. The van der Waals surface area contributed by atoms with E-state index in [1.807, 2.05) is 25.2 Å². The van der Waals surface area contributed by atoms with Gasteiger partial charge < -0.3 is 19.8 Å². The third-order valence-electron chi connectivity index (χ3n) is 4.71. The summed E-state index contributed by atoms with van der Waals surface area (Å²) in [7, 11) is 4.68. The van der Waals surface area contributed by atoms with Gasteiger partial charge in [-0.25, -0.2) is 0 Å². The second kappa shape index (κ2) is 23.3. The second-order valence-electron chi connectivity index (χ2n) is 7.08. The predicted molar refractivity (Wildman–Crippen MR) is 128 cm³/mol. The van der Waals surface area contributed by atoms with Crippen molar-refractivity contribution < 1.29 is 24.6 Å². The number of carbonyl (C=O) groups is 3. The van der Waals surface area contributed by atoms with Crippen molar-refractivity contribution in [2.75, 3.05) is 27.9 Å². The molecule has 0 aromatic heterocycles. The highest BCUT2D eigenvalue weighted by Gasteiger charge is 2.14. The average molecular weight is 449 g/mol. The van der Waals surface area contributed by atoms with Crippen molar-refractivity contribution in [3.63, 3.8) is 0 Å². The van der Waals surface area contributed by atoms with E-state index in [9.17, 15) is 14.4 Å². The molecule has 180 valence electrons. The van der Waals surface area contributed by atoms with Crippen LogP contribution in [0.4, 0.5) is 0 Å². The normalized spacial score (nSPS) is 10.5. The number of nitrogens with zero attached hydrogens (tertiary/aromatic N) is 1. The molecule has 7 heteroatoms. The smallest absolute Gasteiger partial charge is 0.150 e. The zero-order chi connectivity index (χ0) is 24.6. The third kappa shape index (κ3) is 15.4. The lowest BCUT2D eigenvalue weighted by atomic mass is 10.00. The van der Waals surface area contributed by atoms with E-state index < -0.39 is 0 Å². The van der Waals surface area contributed by atoms with E-state index in [1.165, 1.54) is 0 Å². The Kier molecular flexibility index (Phi) is 23.2. The molecular weight excluding hydrogens is 408 g/mol. The molecule has 1 aromatic rings. The molecule has 0 fully saturated rings. The standard InChI is InChI=1S/C22H29NO3.C2H7NO.CH4O/c1-19(11-10-16-25)23(2)17-22-20(13-9-14-21(22)18-26)12-7-5-3-4-6-8-15-24;1-3-2-4;1-2/h9,13-16,18-19H,3-6,8,10-11,17H2,1-2H3;3-4H,2H2,1H3;2H,1H3. The van der Waals surface area contributed by atoms with E-state index in [4.69, 9.17) is 10.2 Å². The first-order chi connectivity index (χ1) is 15.5. The van der Waals surface area contributed by atoms with Gasteiger partial charge in [0, 0.05) is 50.1 Å². The molecular formula is C25H40N2O5. The van der Waals surface area contributed by atoms with E-state index in [0.717, 1.165) is 69.2 Å². The molecule has 0 radical (unpaired) electrons. The predicted octanol–water partition coefficient (Wildman–Crippen LogP) is 2.56. The van der Waals surface area contributed by atoms with Gasteiger partial charge in [0.25, 0.3) is 0 Å². The van der Waals surface area contributed by atoms with Crippen LogP contribution < -0.4 is 5.32 Å². The summed E-state index contributed by atoms with van der Waals surface area (Å²) in [4.78, 5) is 34.5. The van der Waals surface area contributed by atoms with E-state index >= 15 is 0 Å². The number of nitrogens with one attached hydrogen (secondary N) is 1. The van der Waals surface area contributed by atoms with Gasteiger partial charge in [-0.1, -0.05) is 30.4 Å². The molecule has 0 aliphatic heterocycles. The highest BCUT2D eigenvalue weighted by Crippen LogP contribution is 2.17. The van der Waals surface area contributed by atoms with Crippen molar-refractivity contribution in [2.24, 2.45) is 0 Å². The molecule has 3 N–H and O–H groups in total. The Balaban J connectivity index is 0. The summed E-state index contributed by atoms with van der Waals surface area (Å²) in [5.41, 5.74) is 2.49. The molecule has 0 saturated carbocycles. The summed E-state index contributed by atoms with van der Waals surface area (Å²) in [5, 5.41) is 17.2. The zero-order valence-electron chi connectivity index (χ0n) is 20.0. The van der Waals surface area contributed by atoms with Crippen molar-refractivity contribution in [2.45, 2.75) is 64.5 Å². The Morgan fingerprint density at radius 2 is 1.75 bits per heavy atom. The Morgan fingerprint density at radius 1 is 1.09 bits per heavy atom. The number of hydrogen-bond acceptors (Lipinski definition) is 7. The van der Waals surface area contributed by atoms with Gasteiger partial charge in [0.2, 0.25) is 0 Å². The number of aldehydes is 3. The maximum absolute atomic E-state index is 11.4. The van der Waals surface area contributed by atoms with Gasteiger partial charge in [-0.3, -0.25) is 15.0 Å². The van der Waals surface area contributed by atoms with Crippen molar-refractivity contribution in [3.8, 4) is 11.8 Å². The fourth-order valence-corrected chi connectivity index (χ4v) is 2.72. The first-order valence-electron chi connectivity index (χ1n) is 10.9. The van der Waals surface area contributed by atoms with Gasteiger partial charge in [0.1, 0.15) is 18.9 Å². The molecule has 0 amide bonds. The molecule has 0 saturated heterocycles. The van der Waals surface area contributed by atoms with Crippen LogP contribution in [0.2, 0.25) is 0 Å². The van der Waals surface area contributed by atoms with Gasteiger partial charge in [0.05, 0.1) is 6.73 Å². The first kappa shape index (κ1) is 31.8. The zero-order valence-corrected chi connectivity index (χ0v) is 20.0. The quantitative estimate of drug-likeness (QED) is 0.184. The molecule has 0 bridgehead atoms. The molecule has 0 aliphatic rings. The van der Waals surface area contributed by atoms with Gasteiger partial charge in [-0.15, -0.1) is 0 Å². The maximum atomic E-state index is 11.4. The number of carbonyl (C=O) groups excluding carboxylic acids is 3. The van der Waals surface area contributed by atoms with Crippen molar-refractivity contribution in [1.82, 2.24) is 10.2 Å². The summed E-state index contributed by atoms with van der Waals surface area (Å²) in [6, 6.07) is 5.87. The maximum Gasteiger partial charge on any atom is 0.150 e. The van der Waals surface area contributed by atoms with Gasteiger partial charge >= 0.3 is 0 Å². The summed E-state index contributed by atoms with van der Waals surface area (Å²) < 4.78 is 0. The van der Waals surface area contributed by atoms with E-state index in [0.29, 0.717) is 24.9 Å². The van der Waals surface area contributed by atoms with Crippen LogP contribution in [0.5, 0.6) is 0 Å². The van der Waals surface area contributed by atoms with Crippen molar-refractivity contribution in [1.29, 1.82) is 0 Å². The van der Waals surface area contributed by atoms with Crippen LogP contribution in [0, 0.1) is 11.8 Å². The minimum Gasteiger partial charge on any atom is -0.400 e.